The average molecular weight is 260 g/mol. The van der Waals surface area contributed by atoms with Gasteiger partial charge in [0.15, 0.2) is 11.2 Å². The molecule has 1 aromatic heterocycles. The van der Waals surface area contributed by atoms with E-state index < -0.39 is 12.5 Å². The highest BCUT2D eigenvalue weighted by atomic mass is 16.4. The van der Waals surface area contributed by atoms with E-state index in [1.54, 1.807) is 13.0 Å². The van der Waals surface area contributed by atoms with Crippen molar-refractivity contribution in [3.63, 3.8) is 0 Å². The molecule has 0 saturated carbocycles. The molecule has 2 rings (SSSR count). The summed E-state index contributed by atoms with van der Waals surface area (Å²) in [5, 5.41) is 18.4. The van der Waals surface area contributed by atoms with Crippen molar-refractivity contribution in [1.29, 1.82) is 0 Å². The summed E-state index contributed by atoms with van der Waals surface area (Å²) in [7, 11) is -1.93. The van der Waals surface area contributed by atoms with Gasteiger partial charge >= 0.3 is 7.12 Å². The summed E-state index contributed by atoms with van der Waals surface area (Å²) >= 11 is 0. The molecule has 98 valence electrons. The lowest BCUT2D eigenvalue weighted by molar-refractivity contribution is 0.101. The highest BCUT2D eigenvalue weighted by molar-refractivity contribution is 6.58. The fourth-order valence-electron chi connectivity index (χ4n) is 2.15. The van der Waals surface area contributed by atoms with Gasteiger partial charge in [0.1, 0.15) is 5.58 Å². The highest BCUT2D eigenvalue weighted by Crippen LogP contribution is 2.23. The van der Waals surface area contributed by atoms with Crippen LogP contribution in [0.4, 0.5) is 0 Å². The van der Waals surface area contributed by atoms with Crippen molar-refractivity contribution in [2.45, 2.75) is 20.8 Å². The first-order chi connectivity index (χ1) is 8.84. The summed E-state index contributed by atoms with van der Waals surface area (Å²) in [5.74, 6) is -0.261. The molecule has 2 N–H and O–H groups in total. The molecular weight excluding hydrogens is 247 g/mol. The standard InChI is InChI=1S/C13H13BO5/c1-6-4-10-12(11(7(6)2)8(3)15)13(16)9(5-19-10)14(17)18/h4-5,17-18H,1-3H3. The Morgan fingerprint density at radius 3 is 2.47 bits per heavy atom. The molecule has 0 radical (unpaired) electrons. The van der Waals surface area contributed by atoms with Gasteiger partial charge in [-0.3, -0.25) is 9.59 Å². The van der Waals surface area contributed by atoms with Crippen LogP contribution in [-0.2, 0) is 0 Å². The monoisotopic (exact) mass is 260 g/mol. The van der Waals surface area contributed by atoms with Gasteiger partial charge in [0.2, 0.25) is 0 Å². The molecule has 2 aromatic rings. The van der Waals surface area contributed by atoms with Crippen molar-refractivity contribution < 1.29 is 19.3 Å². The van der Waals surface area contributed by atoms with Crippen molar-refractivity contribution in [1.82, 2.24) is 0 Å². The first-order valence-corrected chi connectivity index (χ1v) is 5.77. The number of carbonyl (C=O) groups excluding carboxylic acids is 1. The van der Waals surface area contributed by atoms with E-state index in [1.807, 2.05) is 6.92 Å². The predicted octanol–water partition coefficient (Wildman–Crippen LogP) is 0.292. The molecule has 6 heteroatoms. The zero-order chi connectivity index (χ0) is 14.3. The Morgan fingerprint density at radius 2 is 1.95 bits per heavy atom. The van der Waals surface area contributed by atoms with Crippen LogP contribution in [-0.4, -0.2) is 22.9 Å². The molecule has 0 bridgehead atoms. The van der Waals surface area contributed by atoms with Crippen molar-refractivity contribution in [2.75, 3.05) is 0 Å². The van der Waals surface area contributed by atoms with Gasteiger partial charge in [0, 0.05) is 5.56 Å². The van der Waals surface area contributed by atoms with Crippen LogP contribution in [0.15, 0.2) is 21.5 Å². The molecule has 1 heterocycles. The molecule has 0 saturated heterocycles. The Morgan fingerprint density at radius 1 is 1.32 bits per heavy atom. The quantitative estimate of drug-likeness (QED) is 0.598. The van der Waals surface area contributed by atoms with Crippen LogP contribution in [0.1, 0.15) is 28.4 Å². The molecule has 0 fully saturated rings. The largest absolute Gasteiger partial charge is 0.495 e. The van der Waals surface area contributed by atoms with Crippen molar-refractivity contribution in [3.05, 3.63) is 39.2 Å². The van der Waals surface area contributed by atoms with Gasteiger partial charge in [-0.05, 0) is 38.0 Å². The van der Waals surface area contributed by atoms with Gasteiger partial charge in [-0.1, -0.05) is 0 Å². The Labute approximate surface area is 109 Å². The zero-order valence-corrected chi connectivity index (χ0v) is 10.9. The van der Waals surface area contributed by atoms with Crippen LogP contribution in [0.2, 0.25) is 0 Å². The van der Waals surface area contributed by atoms with Gasteiger partial charge < -0.3 is 14.5 Å². The Kier molecular flexibility index (Phi) is 3.30. The molecule has 0 aliphatic carbocycles. The molecular formula is C13H13BO5. The molecule has 19 heavy (non-hydrogen) atoms. The normalized spacial score (nSPS) is 10.8. The second-order valence-electron chi connectivity index (χ2n) is 4.52. The number of rotatable bonds is 2. The Hall–Kier alpha value is -1.92. The third kappa shape index (κ3) is 2.09. The van der Waals surface area contributed by atoms with Crippen molar-refractivity contribution in [2.24, 2.45) is 0 Å². The van der Waals surface area contributed by atoms with E-state index >= 15 is 0 Å². The maximum absolute atomic E-state index is 12.2. The van der Waals surface area contributed by atoms with Crippen LogP contribution in [0.25, 0.3) is 11.0 Å². The summed E-state index contributed by atoms with van der Waals surface area (Å²) in [6, 6.07) is 1.66. The highest BCUT2D eigenvalue weighted by Gasteiger charge is 2.22. The molecule has 0 amide bonds. The van der Waals surface area contributed by atoms with Crippen LogP contribution in [0, 0.1) is 13.8 Å². The van der Waals surface area contributed by atoms with E-state index in [4.69, 9.17) is 14.5 Å². The molecule has 5 nitrogen and oxygen atoms in total. The lowest BCUT2D eigenvalue weighted by Crippen LogP contribution is -2.41. The van der Waals surface area contributed by atoms with Crippen LogP contribution in [0.3, 0.4) is 0 Å². The van der Waals surface area contributed by atoms with Crippen molar-refractivity contribution in [3.8, 4) is 0 Å². The third-order valence-corrected chi connectivity index (χ3v) is 3.24. The van der Waals surface area contributed by atoms with Gasteiger partial charge in [-0.25, -0.2) is 0 Å². The number of carbonyl (C=O) groups is 1. The number of aryl methyl sites for hydroxylation is 1. The first-order valence-electron chi connectivity index (χ1n) is 5.77. The number of hydrogen-bond acceptors (Lipinski definition) is 5. The van der Waals surface area contributed by atoms with E-state index in [-0.39, 0.29) is 27.8 Å². The smallest absolute Gasteiger partial charge is 0.464 e. The molecule has 0 aliphatic heterocycles. The summed E-state index contributed by atoms with van der Waals surface area (Å²) < 4.78 is 5.24. The summed E-state index contributed by atoms with van der Waals surface area (Å²) in [6.07, 6.45) is 1.01. The van der Waals surface area contributed by atoms with E-state index in [0.29, 0.717) is 5.56 Å². The topological polar surface area (TPSA) is 87.7 Å². The van der Waals surface area contributed by atoms with Gasteiger partial charge in [0.05, 0.1) is 17.1 Å². The maximum Gasteiger partial charge on any atom is 0.495 e. The van der Waals surface area contributed by atoms with Crippen molar-refractivity contribution >= 4 is 29.3 Å². The van der Waals surface area contributed by atoms with E-state index in [0.717, 1.165) is 11.8 Å². The minimum absolute atomic E-state index is 0.0983. The third-order valence-electron chi connectivity index (χ3n) is 3.24. The molecule has 0 aliphatic rings. The van der Waals surface area contributed by atoms with E-state index in [1.165, 1.54) is 6.92 Å². The average Bonchev–Trinajstić information content (AvgIpc) is 2.31. The fraction of sp³-hybridized carbons (Fsp3) is 0.231. The fourth-order valence-corrected chi connectivity index (χ4v) is 2.15. The van der Waals surface area contributed by atoms with Crippen LogP contribution in [0.5, 0.6) is 0 Å². The molecule has 0 unspecified atom stereocenters. The van der Waals surface area contributed by atoms with Gasteiger partial charge in [0.25, 0.3) is 0 Å². The molecule has 1 aromatic carbocycles. The first kappa shape index (κ1) is 13.5. The van der Waals surface area contributed by atoms with Crippen LogP contribution >= 0.6 is 0 Å². The summed E-state index contributed by atoms with van der Waals surface area (Å²) in [5.41, 5.74) is 1.19. The van der Waals surface area contributed by atoms with E-state index in [9.17, 15) is 9.59 Å². The minimum atomic E-state index is -1.93. The van der Waals surface area contributed by atoms with Gasteiger partial charge in [-0.15, -0.1) is 0 Å². The van der Waals surface area contributed by atoms with Gasteiger partial charge in [-0.2, -0.15) is 0 Å². The number of hydrogen-bond donors (Lipinski definition) is 2. The number of fused-ring (bicyclic) bond motifs is 1. The summed E-state index contributed by atoms with van der Waals surface area (Å²) in [4.78, 5) is 24.0. The summed E-state index contributed by atoms with van der Waals surface area (Å²) in [6.45, 7) is 4.92. The molecule has 0 spiro atoms. The molecule has 0 atom stereocenters. The van der Waals surface area contributed by atoms with Crippen LogP contribution < -0.4 is 10.9 Å². The second kappa shape index (κ2) is 4.64. The minimum Gasteiger partial charge on any atom is -0.464 e. The SMILES string of the molecule is CC(=O)c1c(C)c(C)cc2occ(B(O)O)c(=O)c12. The predicted molar refractivity (Wildman–Crippen MR) is 71.8 cm³/mol. The lowest BCUT2D eigenvalue weighted by atomic mass is 9.80. The number of benzene rings is 1. The zero-order valence-electron chi connectivity index (χ0n) is 10.9. The maximum atomic E-state index is 12.2. The lowest BCUT2D eigenvalue weighted by Gasteiger charge is -2.10. The number of ketones is 1. The van der Waals surface area contributed by atoms with E-state index in [2.05, 4.69) is 0 Å². The Bertz CT molecular complexity index is 730. The Balaban J connectivity index is 3.04. The number of Topliss-reactive ketones (excluding diaryl/α,β-unsaturated/α-hetero) is 1. The second-order valence-corrected chi connectivity index (χ2v) is 4.52.